The van der Waals surface area contributed by atoms with Crippen molar-refractivity contribution in [3.63, 3.8) is 0 Å². The van der Waals surface area contributed by atoms with Gasteiger partial charge in [0.05, 0.1) is 23.7 Å². The van der Waals surface area contributed by atoms with Crippen LogP contribution in [0, 0.1) is 6.92 Å². The number of carbonyl (C=O) groups is 2. The first kappa shape index (κ1) is 30.3. The van der Waals surface area contributed by atoms with Crippen molar-refractivity contribution in [3.05, 3.63) is 125 Å². The second-order valence-corrected chi connectivity index (χ2v) is 12.6. The summed E-state index contributed by atoms with van der Waals surface area (Å²) >= 11 is 6.01. The summed E-state index contributed by atoms with van der Waals surface area (Å²) in [6.07, 6.45) is -0.318. The van der Waals surface area contributed by atoms with Gasteiger partial charge < -0.3 is 15.0 Å². The van der Waals surface area contributed by atoms with Crippen molar-refractivity contribution in [1.29, 1.82) is 0 Å². The molecule has 0 unspecified atom stereocenters. The van der Waals surface area contributed by atoms with Crippen LogP contribution in [-0.4, -0.2) is 50.3 Å². The molecule has 222 valence electrons. The Hall–Kier alpha value is -4.18. The second-order valence-electron chi connectivity index (χ2n) is 10.3. The number of ether oxygens (including phenoxy) is 1. The smallest absolute Gasteiger partial charge is 0.262 e. The van der Waals surface area contributed by atoms with Gasteiger partial charge in [-0.1, -0.05) is 78.3 Å². The van der Waals surface area contributed by atoms with Gasteiger partial charge in [0.1, 0.15) is 5.75 Å². The molecule has 5 rings (SSSR count). The average molecular weight is 618 g/mol. The number of nitrogens with one attached hydrogen (secondary N) is 1. The minimum Gasteiger partial charge on any atom is -0.477 e. The van der Waals surface area contributed by atoms with Crippen molar-refractivity contribution in [2.24, 2.45) is 0 Å². The van der Waals surface area contributed by atoms with E-state index in [1.54, 1.807) is 24.3 Å². The van der Waals surface area contributed by atoms with Gasteiger partial charge in [0.15, 0.2) is 6.10 Å². The summed E-state index contributed by atoms with van der Waals surface area (Å²) in [6, 6.07) is 30.0. The molecule has 0 fully saturated rings. The fourth-order valence-corrected chi connectivity index (χ4v) is 6.38. The van der Waals surface area contributed by atoms with Crippen LogP contribution in [0.2, 0.25) is 5.02 Å². The molecule has 10 heteroatoms. The average Bonchev–Trinajstić information content (AvgIpc) is 3.01. The number of para-hydroxylation sites is 2. The number of aryl methyl sites for hydroxylation is 1. The zero-order valence-corrected chi connectivity index (χ0v) is 25.2. The Kier molecular flexibility index (Phi) is 9.45. The number of nitrogens with zero attached hydrogens (tertiary/aromatic N) is 2. The summed E-state index contributed by atoms with van der Waals surface area (Å²) < 4.78 is 34.9. The van der Waals surface area contributed by atoms with Crippen LogP contribution in [-0.2, 0) is 32.6 Å². The van der Waals surface area contributed by atoms with E-state index in [0.29, 0.717) is 29.4 Å². The quantitative estimate of drug-likeness (QED) is 0.270. The fraction of sp³-hybridized carbons (Fsp3) is 0.212. The van der Waals surface area contributed by atoms with E-state index in [-0.39, 0.29) is 23.9 Å². The van der Waals surface area contributed by atoms with Gasteiger partial charge in [-0.15, -0.1) is 0 Å². The lowest BCUT2D eigenvalue weighted by molar-refractivity contribution is -0.128. The van der Waals surface area contributed by atoms with Gasteiger partial charge in [-0.2, -0.15) is 4.31 Å². The monoisotopic (exact) mass is 617 g/mol. The predicted molar refractivity (Wildman–Crippen MR) is 167 cm³/mol. The van der Waals surface area contributed by atoms with Crippen LogP contribution >= 0.6 is 11.6 Å². The molecular formula is C33H32ClN3O5S. The van der Waals surface area contributed by atoms with E-state index in [9.17, 15) is 18.0 Å². The predicted octanol–water partition coefficient (Wildman–Crippen LogP) is 4.99. The van der Waals surface area contributed by atoms with E-state index in [0.717, 1.165) is 21.0 Å². The van der Waals surface area contributed by atoms with Gasteiger partial charge in [0.25, 0.3) is 5.91 Å². The van der Waals surface area contributed by atoms with E-state index in [1.165, 1.54) is 29.2 Å². The lowest BCUT2D eigenvalue weighted by Crippen LogP contribution is -2.53. The third kappa shape index (κ3) is 7.25. The number of carbonyl (C=O) groups excluding carboxylic acids is 2. The normalized spacial score (nSPS) is 14.6. The number of hydrogen-bond donors (Lipinski definition) is 1. The van der Waals surface area contributed by atoms with E-state index >= 15 is 0 Å². The van der Waals surface area contributed by atoms with Crippen LogP contribution in [0.4, 0.5) is 5.69 Å². The first-order chi connectivity index (χ1) is 20.7. The zero-order valence-electron chi connectivity index (χ0n) is 23.6. The second kappa shape index (κ2) is 13.4. The number of anilines is 1. The molecule has 1 aliphatic heterocycles. The SMILES string of the molecule is Cc1ccccc1CN(CC(=O)N1C[C@@H](C(=O)NCCc2ccccc2)Oc2ccccc21)S(=O)(=O)c1ccc(Cl)cc1. The topological polar surface area (TPSA) is 96.0 Å². The molecule has 4 aromatic rings. The summed E-state index contributed by atoms with van der Waals surface area (Å²) in [4.78, 5) is 28.6. The number of rotatable bonds is 10. The molecule has 1 N–H and O–H groups in total. The molecule has 0 aliphatic carbocycles. The molecule has 4 aromatic carbocycles. The van der Waals surface area contributed by atoms with Gasteiger partial charge in [-0.3, -0.25) is 9.59 Å². The Morgan fingerprint density at radius 3 is 2.35 bits per heavy atom. The maximum Gasteiger partial charge on any atom is 0.262 e. The Bertz CT molecular complexity index is 1700. The number of fused-ring (bicyclic) bond motifs is 1. The summed E-state index contributed by atoms with van der Waals surface area (Å²) in [5.41, 5.74) is 3.23. The maximum absolute atomic E-state index is 14.0. The number of halogens is 1. The molecule has 0 spiro atoms. The highest BCUT2D eigenvalue weighted by Gasteiger charge is 2.36. The number of hydrogen-bond acceptors (Lipinski definition) is 5. The van der Waals surface area contributed by atoms with Crippen LogP contribution in [0.25, 0.3) is 0 Å². The van der Waals surface area contributed by atoms with Crippen LogP contribution in [0.3, 0.4) is 0 Å². The molecule has 1 heterocycles. The first-order valence-corrected chi connectivity index (χ1v) is 15.7. The largest absolute Gasteiger partial charge is 0.477 e. The Labute approximate surface area is 256 Å². The molecule has 1 atom stereocenters. The minimum absolute atomic E-state index is 0.0151. The molecule has 0 saturated heterocycles. The lowest BCUT2D eigenvalue weighted by atomic mass is 10.1. The van der Waals surface area contributed by atoms with Crippen molar-refractivity contribution in [1.82, 2.24) is 9.62 Å². The summed E-state index contributed by atoms with van der Waals surface area (Å²) in [7, 11) is -4.10. The van der Waals surface area contributed by atoms with Gasteiger partial charge >= 0.3 is 0 Å². The van der Waals surface area contributed by atoms with Gasteiger partial charge in [0, 0.05) is 18.1 Å². The molecule has 0 bridgehead atoms. The van der Waals surface area contributed by atoms with Crippen molar-refractivity contribution in [3.8, 4) is 5.75 Å². The molecule has 2 amide bonds. The molecule has 43 heavy (non-hydrogen) atoms. The van der Waals surface area contributed by atoms with Gasteiger partial charge in [0.2, 0.25) is 15.9 Å². The number of benzene rings is 4. The van der Waals surface area contributed by atoms with E-state index < -0.39 is 28.6 Å². The molecule has 0 saturated carbocycles. The Morgan fingerprint density at radius 2 is 1.60 bits per heavy atom. The number of amides is 2. The van der Waals surface area contributed by atoms with Crippen molar-refractivity contribution in [2.75, 3.05) is 24.5 Å². The van der Waals surface area contributed by atoms with Crippen molar-refractivity contribution >= 4 is 39.1 Å². The molecule has 1 aliphatic rings. The summed E-state index contributed by atoms with van der Waals surface area (Å²) in [5, 5.41) is 3.30. The zero-order chi connectivity index (χ0) is 30.4. The third-order valence-corrected chi connectivity index (χ3v) is 9.35. The van der Waals surface area contributed by atoms with Crippen molar-refractivity contribution in [2.45, 2.75) is 30.9 Å². The maximum atomic E-state index is 14.0. The van der Waals surface area contributed by atoms with Crippen LogP contribution in [0.15, 0.2) is 108 Å². The molecule has 8 nitrogen and oxygen atoms in total. The highest BCUT2D eigenvalue weighted by molar-refractivity contribution is 7.89. The standard InChI is InChI=1S/C33H32ClN3O5S/c1-24-9-5-6-12-26(24)21-36(43(40,41)28-17-15-27(34)16-18-28)23-32(38)37-22-31(42-30-14-8-7-13-29(30)37)33(39)35-20-19-25-10-3-2-4-11-25/h2-18,31H,19-23H2,1H3,(H,35,39)/t31-/m0/s1. The van der Waals surface area contributed by atoms with Gasteiger partial charge in [-0.25, -0.2) is 8.42 Å². The molecule has 0 aromatic heterocycles. The summed E-state index contributed by atoms with van der Waals surface area (Å²) in [6.45, 7) is 1.77. The lowest BCUT2D eigenvalue weighted by Gasteiger charge is -2.35. The number of sulfonamides is 1. The van der Waals surface area contributed by atoms with Gasteiger partial charge in [-0.05, 0) is 66.4 Å². The van der Waals surface area contributed by atoms with Crippen LogP contribution < -0.4 is 15.0 Å². The van der Waals surface area contributed by atoms with E-state index in [2.05, 4.69) is 5.32 Å². The fourth-order valence-electron chi connectivity index (χ4n) is 4.89. The van der Waals surface area contributed by atoms with Crippen LogP contribution in [0.1, 0.15) is 16.7 Å². The van der Waals surface area contributed by atoms with E-state index in [4.69, 9.17) is 16.3 Å². The highest BCUT2D eigenvalue weighted by Crippen LogP contribution is 2.34. The summed E-state index contributed by atoms with van der Waals surface area (Å²) in [5.74, 6) is -0.464. The highest BCUT2D eigenvalue weighted by atomic mass is 35.5. The first-order valence-electron chi connectivity index (χ1n) is 13.9. The molecular weight excluding hydrogens is 586 g/mol. The van der Waals surface area contributed by atoms with Crippen molar-refractivity contribution < 1.29 is 22.7 Å². The Morgan fingerprint density at radius 1 is 0.930 bits per heavy atom. The van der Waals surface area contributed by atoms with Crippen LogP contribution in [0.5, 0.6) is 5.75 Å². The minimum atomic E-state index is -4.10. The molecule has 0 radical (unpaired) electrons. The van der Waals surface area contributed by atoms with E-state index in [1.807, 2.05) is 61.5 Å². The Balaban J connectivity index is 1.38. The third-order valence-electron chi connectivity index (χ3n) is 7.29.